The highest BCUT2D eigenvalue weighted by atomic mass is 15.0. The summed E-state index contributed by atoms with van der Waals surface area (Å²) in [6, 6.07) is 60.2. The van der Waals surface area contributed by atoms with E-state index in [0.717, 1.165) is 33.4 Å². The monoisotopic (exact) mass is 666 g/mol. The fourth-order valence-electron chi connectivity index (χ4n) is 8.03. The van der Waals surface area contributed by atoms with Crippen molar-refractivity contribution >= 4 is 21.8 Å². The molecule has 52 heavy (non-hydrogen) atoms. The molecule has 0 bridgehead atoms. The highest BCUT2D eigenvalue weighted by molar-refractivity contribution is 6.10. The lowest BCUT2D eigenvalue weighted by Crippen LogP contribution is -2.14. The van der Waals surface area contributed by atoms with Crippen LogP contribution in [0.25, 0.3) is 83.9 Å². The topological polar surface area (TPSA) is 43.6 Å². The Morgan fingerprint density at radius 1 is 0.385 bits per heavy atom. The third-order valence-electron chi connectivity index (χ3n) is 10.7. The molecule has 0 amide bonds. The molecule has 246 valence electrons. The molecule has 4 nitrogen and oxygen atoms in total. The predicted octanol–water partition coefficient (Wildman–Crippen LogP) is 11.9. The quantitative estimate of drug-likeness (QED) is 0.184. The lowest BCUT2D eigenvalue weighted by molar-refractivity contribution is 0.660. The van der Waals surface area contributed by atoms with Crippen molar-refractivity contribution in [1.82, 2.24) is 19.5 Å². The molecule has 10 rings (SSSR count). The molecule has 0 spiro atoms. The van der Waals surface area contributed by atoms with Crippen LogP contribution in [0, 0.1) is 0 Å². The number of hydrogen-bond donors (Lipinski definition) is 0. The van der Waals surface area contributed by atoms with Gasteiger partial charge in [-0.05, 0) is 63.7 Å². The Morgan fingerprint density at radius 2 is 0.942 bits per heavy atom. The van der Waals surface area contributed by atoms with Gasteiger partial charge in [0, 0.05) is 38.6 Å². The normalized spacial score (nSPS) is 13.0. The summed E-state index contributed by atoms with van der Waals surface area (Å²) in [5, 5.41) is 2.44. The molecule has 0 N–H and O–H groups in total. The summed E-state index contributed by atoms with van der Waals surface area (Å²) < 4.78 is 2.38. The molecule has 0 fully saturated rings. The van der Waals surface area contributed by atoms with Crippen molar-refractivity contribution in [1.29, 1.82) is 0 Å². The first-order valence-electron chi connectivity index (χ1n) is 17.8. The van der Waals surface area contributed by atoms with Crippen LogP contribution < -0.4 is 0 Å². The summed E-state index contributed by atoms with van der Waals surface area (Å²) in [7, 11) is 0. The first-order chi connectivity index (χ1) is 25.5. The number of hydrogen-bond acceptors (Lipinski definition) is 3. The third-order valence-corrected chi connectivity index (χ3v) is 10.7. The maximum absolute atomic E-state index is 5.02. The van der Waals surface area contributed by atoms with Crippen molar-refractivity contribution in [2.45, 2.75) is 19.3 Å². The summed E-state index contributed by atoms with van der Waals surface area (Å²) >= 11 is 0. The van der Waals surface area contributed by atoms with Gasteiger partial charge in [0.2, 0.25) is 0 Å². The molecule has 7 aromatic carbocycles. The summed E-state index contributed by atoms with van der Waals surface area (Å²) in [6.45, 7) is 4.68. The van der Waals surface area contributed by atoms with E-state index in [1.54, 1.807) is 0 Å². The average Bonchev–Trinajstić information content (AvgIpc) is 3.66. The molecule has 4 heteroatoms. The highest BCUT2D eigenvalue weighted by Gasteiger charge is 2.35. The minimum Gasteiger partial charge on any atom is -0.309 e. The van der Waals surface area contributed by atoms with Gasteiger partial charge in [0.05, 0.1) is 11.0 Å². The summed E-state index contributed by atoms with van der Waals surface area (Å²) in [4.78, 5) is 15.0. The fourth-order valence-corrected chi connectivity index (χ4v) is 8.03. The van der Waals surface area contributed by atoms with E-state index >= 15 is 0 Å². The van der Waals surface area contributed by atoms with Gasteiger partial charge in [0.15, 0.2) is 17.5 Å². The minimum atomic E-state index is -0.0584. The predicted molar refractivity (Wildman–Crippen MR) is 213 cm³/mol. The Bertz CT molecular complexity index is 2760. The molecule has 2 aromatic heterocycles. The molecule has 0 unspecified atom stereocenters. The second kappa shape index (κ2) is 11.7. The molecule has 0 saturated carbocycles. The van der Waals surface area contributed by atoms with Crippen molar-refractivity contribution in [3.63, 3.8) is 0 Å². The van der Waals surface area contributed by atoms with Gasteiger partial charge in [-0.15, -0.1) is 0 Å². The highest BCUT2D eigenvalue weighted by Crippen LogP contribution is 2.49. The van der Waals surface area contributed by atoms with E-state index in [2.05, 4.69) is 128 Å². The number of fused-ring (bicyclic) bond motifs is 6. The molecule has 0 aliphatic heterocycles. The average molecular weight is 667 g/mol. The van der Waals surface area contributed by atoms with Crippen molar-refractivity contribution in [3.8, 4) is 62.1 Å². The molecular formula is C48H34N4. The van der Waals surface area contributed by atoms with Gasteiger partial charge in [-0.1, -0.05) is 153 Å². The Labute approximate surface area is 302 Å². The van der Waals surface area contributed by atoms with Crippen LogP contribution >= 0.6 is 0 Å². The van der Waals surface area contributed by atoms with Gasteiger partial charge in [0.25, 0.3) is 0 Å². The maximum atomic E-state index is 5.02. The van der Waals surface area contributed by atoms with E-state index in [1.165, 1.54) is 44.2 Å². The second-order valence-corrected chi connectivity index (χ2v) is 14.1. The number of aromatic nitrogens is 4. The van der Waals surface area contributed by atoms with Gasteiger partial charge >= 0.3 is 0 Å². The number of para-hydroxylation sites is 1. The maximum Gasteiger partial charge on any atom is 0.164 e. The zero-order valence-corrected chi connectivity index (χ0v) is 29.0. The van der Waals surface area contributed by atoms with E-state index in [-0.39, 0.29) is 5.41 Å². The molecule has 1 aliphatic rings. The minimum absolute atomic E-state index is 0.0584. The van der Waals surface area contributed by atoms with Crippen LogP contribution in [0.15, 0.2) is 170 Å². The van der Waals surface area contributed by atoms with Gasteiger partial charge < -0.3 is 4.57 Å². The van der Waals surface area contributed by atoms with Crippen LogP contribution in [-0.4, -0.2) is 19.5 Å². The summed E-state index contributed by atoms with van der Waals surface area (Å²) in [6.07, 6.45) is 0. The number of benzene rings is 7. The molecule has 9 aromatic rings. The number of rotatable bonds is 5. The van der Waals surface area contributed by atoms with Crippen LogP contribution in [0.5, 0.6) is 0 Å². The first kappa shape index (κ1) is 30.2. The smallest absolute Gasteiger partial charge is 0.164 e. The van der Waals surface area contributed by atoms with Gasteiger partial charge in [-0.25, -0.2) is 15.0 Å². The van der Waals surface area contributed by atoms with Crippen molar-refractivity contribution in [2.75, 3.05) is 0 Å². The van der Waals surface area contributed by atoms with Crippen LogP contribution in [0.3, 0.4) is 0 Å². The standard InChI is InChI=1S/C48H34N4/c1-48(2)41-22-11-9-20-37(41)38-26-24-33(29-42(38)48)34-25-27-40-39-21-10-12-23-43(39)52(44(40)30-34)36-19-13-18-35(28-36)47-50-45(31-14-5-3-6-15-31)49-46(51-47)32-16-7-4-8-17-32/h3-30H,1-2H3. The molecule has 2 heterocycles. The Kier molecular flexibility index (Phi) is 6.80. The SMILES string of the molecule is CC1(C)c2ccccc2-c2ccc(-c3ccc4c5ccccc5n(-c5cccc(-c6nc(-c7ccccc7)nc(-c7ccccc7)n6)c5)c4c3)cc21. The first-order valence-corrected chi connectivity index (χ1v) is 17.8. The van der Waals surface area contributed by atoms with Crippen LogP contribution in [0.4, 0.5) is 0 Å². The third kappa shape index (κ3) is 4.79. The summed E-state index contributed by atoms with van der Waals surface area (Å²) in [5.41, 5.74) is 14.0. The molecule has 1 aliphatic carbocycles. The van der Waals surface area contributed by atoms with Crippen molar-refractivity contribution < 1.29 is 0 Å². The fraction of sp³-hybridized carbons (Fsp3) is 0.0625. The van der Waals surface area contributed by atoms with Crippen molar-refractivity contribution in [3.05, 3.63) is 181 Å². The van der Waals surface area contributed by atoms with Gasteiger partial charge in [-0.2, -0.15) is 0 Å². The summed E-state index contributed by atoms with van der Waals surface area (Å²) in [5.74, 6) is 1.94. The van der Waals surface area contributed by atoms with Crippen molar-refractivity contribution in [2.24, 2.45) is 0 Å². The Hall–Kier alpha value is -6.65. The molecular weight excluding hydrogens is 633 g/mol. The van der Waals surface area contributed by atoms with Gasteiger partial charge in [0.1, 0.15) is 0 Å². The Balaban J connectivity index is 1.13. The lowest BCUT2D eigenvalue weighted by Gasteiger charge is -2.22. The van der Waals surface area contributed by atoms with E-state index < -0.39 is 0 Å². The number of nitrogens with zero attached hydrogens (tertiary/aromatic N) is 4. The van der Waals surface area contributed by atoms with E-state index in [9.17, 15) is 0 Å². The molecule has 0 saturated heterocycles. The second-order valence-electron chi connectivity index (χ2n) is 14.1. The lowest BCUT2D eigenvalue weighted by atomic mass is 9.81. The molecule has 0 atom stereocenters. The van der Waals surface area contributed by atoms with Crippen LogP contribution in [-0.2, 0) is 5.41 Å². The van der Waals surface area contributed by atoms with E-state index in [0.29, 0.717) is 17.5 Å². The Morgan fingerprint density at radius 3 is 1.69 bits per heavy atom. The van der Waals surface area contributed by atoms with Crippen LogP contribution in [0.2, 0.25) is 0 Å². The largest absolute Gasteiger partial charge is 0.309 e. The molecule has 0 radical (unpaired) electrons. The van der Waals surface area contributed by atoms with E-state index in [4.69, 9.17) is 15.0 Å². The van der Waals surface area contributed by atoms with E-state index in [1.807, 2.05) is 60.7 Å². The zero-order valence-electron chi connectivity index (χ0n) is 29.0. The van der Waals surface area contributed by atoms with Crippen LogP contribution in [0.1, 0.15) is 25.0 Å². The van der Waals surface area contributed by atoms with Gasteiger partial charge in [-0.3, -0.25) is 0 Å². The zero-order chi connectivity index (χ0) is 34.8.